The Labute approximate surface area is 264 Å². The zero-order chi connectivity index (χ0) is 30.4. The maximum absolute atomic E-state index is 12.6. The lowest BCUT2D eigenvalue weighted by Crippen LogP contribution is -2.37. The fourth-order valence-corrected chi connectivity index (χ4v) is 4.60. The molecule has 9 nitrogen and oxygen atoms in total. The number of morpholine rings is 1. The first-order valence-electron chi connectivity index (χ1n) is 14.7. The zero-order valence-electron chi connectivity index (χ0n) is 25.6. The molecular formula is C34H42ClNO8. The number of halogens is 1. The van der Waals surface area contributed by atoms with Gasteiger partial charge in [0, 0.05) is 19.6 Å². The normalized spacial score (nSPS) is 12.9. The molecule has 5 rings (SSSR count). The Morgan fingerprint density at radius 1 is 0.818 bits per heavy atom. The van der Waals surface area contributed by atoms with E-state index in [9.17, 15) is 9.90 Å². The van der Waals surface area contributed by atoms with Gasteiger partial charge in [-0.25, -0.2) is 0 Å². The van der Waals surface area contributed by atoms with Gasteiger partial charge in [0.05, 0.1) is 51.6 Å². The highest BCUT2D eigenvalue weighted by Gasteiger charge is 2.15. The smallest absolute Gasteiger partial charge is 0.204 e. The SMILES string of the molecule is CCCCOc1ccc(OCCCN2CCOCC2)cc1.COc1ccc(-c2coc3c(OC)c(O)ccc3c2=O)cc1.Cl. The van der Waals surface area contributed by atoms with Crippen LogP contribution in [0.3, 0.4) is 0 Å². The molecule has 0 saturated carbocycles. The molecule has 1 N–H and O–H groups in total. The highest BCUT2D eigenvalue weighted by molar-refractivity contribution is 5.88. The monoisotopic (exact) mass is 627 g/mol. The van der Waals surface area contributed by atoms with E-state index < -0.39 is 0 Å². The summed E-state index contributed by atoms with van der Waals surface area (Å²) in [7, 11) is 2.99. The quantitative estimate of drug-likeness (QED) is 0.175. The molecule has 238 valence electrons. The van der Waals surface area contributed by atoms with Gasteiger partial charge in [0.15, 0.2) is 11.3 Å². The number of hydrogen-bond acceptors (Lipinski definition) is 9. The van der Waals surface area contributed by atoms with Crippen molar-refractivity contribution in [2.45, 2.75) is 26.2 Å². The van der Waals surface area contributed by atoms with E-state index in [4.69, 9.17) is 28.1 Å². The van der Waals surface area contributed by atoms with E-state index in [1.165, 1.54) is 25.5 Å². The molecule has 2 heterocycles. The number of phenolic OH excluding ortho intramolecular Hbond substituents is 1. The van der Waals surface area contributed by atoms with Gasteiger partial charge < -0.3 is 33.2 Å². The number of hydrogen-bond donors (Lipinski definition) is 1. The number of benzene rings is 3. The first-order chi connectivity index (χ1) is 21.0. The van der Waals surface area contributed by atoms with Crippen molar-refractivity contribution in [1.82, 2.24) is 4.90 Å². The van der Waals surface area contributed by atoms with Crippen LogP contribution in [0, 0.1) is 0 Å². The molecule has 44 heavy (non-hydrogen) atoms. The molecule has 0 bridgehead atoms. The van der Waals surface area contributed by atoms with E-state index in [1.54, 1.807) is 31.4 Å². The Kier molecular flexibility index (Phi) is 14.2. The van der Waals surface area contributed by atoms with E-state index in [2.05, 4.69) is 11.8 Å². The summed E-state index contributed by atoms with van der Waals surface area (Å²) in [6.07, 6.45) is 4.67. The number of fused-ring (bicyclic) bond motifs is 1. The van der Waals surface area contributed by atoms with Crippen LogP contribution >= 0.6 is 12.4 Å². The average Bonchev–Trinajstić information content (AvgIpc) is 3.05. The van der Waals surface area contributed by atoms with Crippen molar-refractivity contribution in [3.63, 3.8) is 0 Å². The van der Waals surface area contributed by atoms with Gasteiger partial charge in [-0.2, -0.15) is 0 Å². The Bertz CT molecular complexity index is 1470. The van der Waals surface area contributed by atoms with E-state index in [0.717, 1.165) is 82.4 Å². The van der Waals surface area contributed by atoms with Gasteiger partial charge in [-0.3, -0.25) is 9.69 Å². The van der Waals surface area contributed by atoms with Crippen LogP contribution in [0.15, 0.2) is 76.1 Å². The summed E-state index contributed by atoms with van der Waals surface area (Å²) in [6.45, 7) is 8.61. The zero-order valence-corrected chi connectivity index (χ0v) is 26.4. The van der Waals surface area contributed by atoms with Crippen molar-refractivity contribution in [1.29, 1.82) is 0 Å². The van der Waals surface area contributed by atoms with Crippen LogP contribution < -0.4 is 24.4 Å². The lowest BCUT2D eigenvalue weighted by atomic mass is 10.1. The lowest BCUT2D eigenvalue weighted by molar-refractivity contribution is 0.0358. The Balaban J connectivity index is 0.000000235. The summed E-state index contributed by atoms with van der Waals surface area (Å²) in [5.41, 5.74) is 1.20. The molecular weight excluding hydrogens is 586 g/mol. The molecule has 1 aromatic heterocycles. The highest BCUT2D eigenvalue weighted by Crippen LogP contribution is 2.34. The van der Waals surface area contributed by atoms with Crippen LogP contribution in [0.1, 0.15) is 26.2 Å². The largest absolute Gasteiger partial charge is 0.504 e. The Hall–Kier alpha value is -3.92. The molecule has 0 aliphatic carbocycles. The Morgan fingerprint density at radius 2 is 1.43 bits per heavy atom. The number of phenols is 1. The van der Waals surface area contributed by atoms with Crippen molar-refractivity contribution in [2.75, 3.05) is 60.3 Å². The van der Waals surface area contributed by atoms with Crippen LogP contribution in [0.5, 0.6) is 28.7 Å². The predicted octanol–water partition coefficient (Wildman–Crippen LogP) is 6.57. The maximum Gasteiger partial charge on any atom is 0.204 e. The number of nitrogens with zero attached hydrogens (tertiary/aromatic N) is 1. The molecule has 3 aromatic carbocycles. The number of methoxy groups -OCH3 is 2. The van der Waals surface area contributed by atoms with Gasteiger partial charge in [0.25, 0.3) is 0 Å². The third kappa shape index (κ3) is 9.54. The van der Waals surface area contributed by atoms with Gasteiger partial charge in [-0.1, -0.05) is 25.5 Å². The second-order valence-electron chi connectivity index (χ2n) is 10.0. The Morgan fingerprint density at radius 3 is 2.02 bits per heavy atom. The van der Waals surface area contributed by atoms with Crippen LogP contribution in [0.25, 0.3) is 22.1 Å². The van der Waals surface area contributed by atoms with Crippen molar-refractivity contribution >= 4 is 23.4 Å². The molecule has 0 atom stereocenters. The molecule has 1 aliphatic heterocycles. The fraction of sp³-hybridized carbons (Fsp3) is 0.382. The van der Waals surface area contributed by atoms with E-state index in [1.807, 2.05) is 24.3 Å². The van der Waals surface area contributed by atoms with Gasteiger partial charge >= 0.3 is 0 Å². The third-order valence-electron chi connectivity index (χ3n) is 7.06. The van der Waals surface area contributed by atoms with Gasteiger partial charge in [0.1, 0.15) is 23.5 Å². The fourth-order valence-electron chi connectivity index (χ4n) is 4.60. The molecule has 0 unspecified atom stereocenters. The third-order valence-corrected chi connectivity index (χ3v) is 7.06. The number of rotatable bonds is 12. The summed E-state index contributed by atoms with van der Waals surface area (Å²) >= 11 is 0. The first-order valence-corrected chi connectivity index (χ1v) is 14.7. The molecule has 10 heteroatoms. The molecule has 0 spiro atoms. The minimum absolute atomic E-state index is 0. The molecule has 0 amide bonds. The topological polar surface area (TPSA) is 99.8 Å². The van der Waals surface area contributed by atoms with Crippen molar-refractivity contribution < 1.29 is 33.2 Å². The van der Waals surface area contributed by atoms with Crippen LogP contribution in [0.4, 0.5) is 0 Å². The first kappa shape index (κ1) is 34.6. The van der Waals surface area contributed by atoms with Gasteiger partial charge in [-0.15, -0.1) is 12.4 Å². The second-order valence-corrected chi connectivity index (χ2v) is 10.0. The van der Waals surface area contributed by atoms with Gasteiger partial charge in [0.2, 0.25) is 11.2 Å². The summed E-state index contributed by atoms with van der Waals surface area (Å²) in [6, 6.07) is 18.0. The number of unbranched alkanes of at least 4 members (excludes halogenated alkanes) is 1. The molecule has 0 radical (unpaired) electrons. The minimum atomic E-state index is -0.190. The standard InChI is InChI=1S/C17H27NO3.C17H14O5.ClH/c1-2-3-12-20-16-5-7-17(8-6-16)21-13-4-9-18-10-14-19-15-11-18;1-20-11-5-3-10(4-6-11)13-9-22-16-12(15(13)19)7-8-14(18)17(16)21-2;/h5-8H,2-4,9-15H2,1H3;3-9,18H,1-2H3;1H. The number of aromatic hydroxyl groups is 1. The maximum atomic E-state index is 12.6. The minimum Gasteiger partial charge on any atom is -0.504 e. The van der Waals surface area contributed by atoms with Crippen molar-refractivity contribution in [3.05, 3.63) is 77.2 Å². The van der Waals surface area contributed by atoms with E-state index in [0.29, 0.717) is 16.7 Å². The number of ether oxygens (including phenoxy) is 5. The molecule has 4 aromatic rings. The molecule has 1 aliphatic rings. The van der Waals surface area contributed by atoms with E-state index >= 15 is 0 Å². The van der Waals surface area contributed by atoms with Gasteiger partial charge in [-0.05, 0) is 66.9 Å². The van der Waals surface area contributed by atoms with E-state index in [-0.39, 0.29) is 34.9 Å². The summed E-state index contributed by atoms with van der Waals surface area (Å²) < 4.78 is 32.4. The summed E-state index contributed by atoms with van der Waals surface area (Å²) in [5.74, 6) is 2.62. The van der Waals surface area contributed by atoms with Crippen molar-refractivity contribution in [3.8, 4) is 39.9 Å². The van der Waals surface area contributed by atoms with Crippen LogP contribution in [-0.2, 0) is 4.74 Å². The summed E-state index contributed by atoms with van der Waals surface area (Å²) in [5, 5.41) is 10.1. The molecule has 1 saturated heterocycles. The predicted molar refractivity (Wildman–Crippen MR) is 174 cm³/mol. The van der Waals surface area contributed by atoms with Crippen molar-refractivity contribution in [2.24, 2.45) is 0 Å². The second kappa shape index (κ2) is 18.0. The molecule has 1 fully saturated rings. The average molecular weight is 628 g/mol. The summed E-state index contributed by atoms with van der Waals surface area (Å²) in [4.78, 5) is 15.1. The van der Waals surface area contributed by atoms with Crippen LogP contribution in [-0.4, -0.2) is 70.3 Å². The highest BCUT2D eigenvalue weighted by atomic mass is 35.5. The lowest BCUT2D eigenvalue weighted by Gasteiger charge is -2.26. The van der Waals surface area contributed by atoms with Crippen LogP contribution in [0.2, 0.25) is 0 Å².